The van der Waals surface area contributed by atoms with Gasteiger partial charge in [-0.2, -0.15) is 0 Å². The summed E-state index contributed by atoms with van der Waals surface area (Å²) in [6.07, 6.45) is 0. The van der Waals surface area contributed by atoms with Crippen LogP contribution in [0.3, 0.4) is 0 Å². The Morgan fingerprint density at radius 2 is 2.00 bits per heavy atom. The number of fused-ring (bicyclic) bond motifs is 3. The van der Waals surface area contributed by atoms with Crippen LogP contribution in [-0.2, 0) is 11.3 Å². The second-order valence-electron chi connectivity index (χ2n) is 7.20. The Kier molecular flexibility index (Phi) is 4.44. The van der Waals surface area contributed by atoms with Gasteiger partial charge >= 0.3 is 5.97 Å². The normalized spacial score (nSPS) is 23.9. The first-order valence-corrected chi connectivity index (χ1v) is 8.96. The Bertz CT molecular complexity index is 867. The van der Waals surface area contributed by atoms with Crippen LogP contribution in [0.15, 0.2) is 42.5 Å². The predicted octanol–water partition coefficient (Wildman–Crippen LogP) is 2.77. The maximum atomic E-state index is 12.2. The van der Waals surface area contributed by atoms with Crippen molar-refractivity contribution in [2.75, 3.05) is 33.9 Å². The van der Waals surface area contributed by atoms with Crippen molar-refractivity contribution in [1.29, 1.82) is 0 Å². The van der Waals surface area contributed by atoms with E-state index in [1.807, 2.05) is 42.5 Å². The molecule has 0 aromatic heterocycles. The molecule has 0 spiro atoms. The maximum absolute atomic E-state index is 12.2. The van der Waals surface area contributed by atoms with E-state index < -0.39 is 11.4 Å². The van der Waals surface area contributed by atoms with Crippen molar-refractivity contribution in [2.45, 2.75) is 12.5 Å². The summed E-state index contributed by atoms with van der Waals surface area (Å²) in [5.41, 5.74) is 1.13. The van der Waals surface area contributed by atoms with E-state index in [0.717, 1.165) is 16.9 Å². The Labute approximate surface area is 158 Å². The third kappa shape index (κ3) is 2.90. The molecule has 27 heavy (non-hydrogen) atoms. The minimum absolute atomic E-state index is 0.0832. The average molecular weight is 369 g/mol. The third-order valence-corrected chi connectivity index (χ3v) is 5.67. The van der Waals surface area contributed by atoms with Gasteiger partial charge in [-0.3, -0.25) is 9.69 Å². The molecule has 2 aliphatic heterocycles. The Hall–Kier alpha value is -2.73. The van der Waals surface area contributed by atoms with E-state index in [-0.39, 0.29) is 12.5 Å². The number of rotatable bonds is 5. The van der Waals surface area contributed by atoms with E-state index in [1.54, 1.807) is 14.2 Å². The number of hydrogen-bond acceptors (Lipinski definition) is 5. The van der Waals surface area contributed by atoms with Crippen LogP contribution < -0.4 is 14.2 Å². The summed E-state index contributed by atoms with van der Waals surface area (Å²) in [5, 5.41) is 10.0. The second-order valence-corrected chi connectivity index (χ2v) is 7.20. The molecule has 2 atom stereocenters. The smallest absolute Gasteiger partial charge is 0.315 e. The quantitative estimate of drug-likeness (QED) is 0.874. The van der Waals surface area contributed by atoms with E-state index in [2.05, 4.69) is 4.90 Å². The molecule has 1 saturated heterocycles. The van der Waals surface area contributed by atoms with Gasteiger partial charge < -0.3 is 19.3 Å². The number of nitrogens with zero attached hydrogens (tertiary/aromatic N) is 1. The fraction of sp³-hybridized carbons (Fsp3) is 0.381. The molecule has 4 rings (SSSR count). The molecular weight excluding hydrogens is 346 g/mol. The van der Waals surface area contributed by atoms with Crippen LogP contribution >= 0.6 is 0 Å². The second kappa shape index (κ2) is 6.78. The molecule has 142 valence electrons. The van der Waals surface area contributed by atoms with Gasteiger partial charge in [-0.05, 0) is 29.3 Å². The highest BCUT2D eigenvalue weighted by molar-refractivity contribution is 5.78. The topological polar surface area (TPSA) is 68.2 Å². The molecule has 2 heterocycles. The highest BCUT2D eigenvalue weighted by Gasteiger charge is 2.56. The average Bonchev–Trinajstić information content (AvgIpc) is 3.08. The molecule has 2 aromatic carbocycles. The number of ether oxygens (including phenoxy) is 3. The zero-order chi connectivity index (χ0) is 19.0. The molecule has 0 radical (unpaired) electrons. The molecule has 0 amide bonds. The zero-order valence-corrected chi connectivity index (χ0v) is 15.5. The van der Waals surface area contributed by atoms with Crippen LogP contribution in [0.25, 0.3) is 0 Å². The fourth-order valence-electron chi connectivity index (χ4n) is 4.29. The fourth-order valence-corrected chi connectivity index (χ4v) is 4.29. The first kappa shape index (κ1) is 17.7. The van der Waals surface area contributed by atoms with Crippen molar-refractivity contribution in [3.8, 4) is 17.2 Å². The minimum atomic E-state index is -0.912. The summed E-state index contributed by atoms with van der Waals surface area (Å²) in [6, 6.07) is 13.6. The highest BCUT2D eigenvalue weighted by Crippen LogP contribution is 2.50. The summed E-state index contributed by atoms with van der Waals surface area (Å²) in [5.74, 6) is 1.28. The van der Waals surface area contributed by atoms with Gasteiger partial charge in [0.1, 0.15) is 17.8 Å². The lowest BCUT2D eigenvalue weighted by molar-refractivity contribution is -0.151. The number of carbonyl (C=O) groups is 1. The molecule has 1 fully saturated rings. The van der Waals surface area contributed by atoms with Gasteiger partial charge in [0.2, 0.25) is 0 Å². The summed E-state index contributed by atoms with van der Waals surface area (Å²) >= 11 is 0. The first-order valence-electron chi connectivity index (χ1n) is 8.96. The Morgan fingerprint density at radius 1 is 1.22 bits per heavy atom. The molecule has 1 unspecified atom stereocenters. The molecule has 1 N–H and O–H groups in total. The van der Waals surface area contributed by atoms with Crippen molar-refractivity contribution >= 4 is 5.97 Å². The van der Waals surface area contributed by atoms with Crippen LogP contribution in [0.5, 0.6) is 17.2 Å². The maximum Gasteiger partial charge on any atom is 0.315 e. The summed E-state index contributed by atoms with van der Waals surface area (Å²) in [6.45, 7) is 1.98. The standard InChI is InChI=1S/C21H23NO5/c1-25-18-8-7-14(9-19(18)26-2)10-22-11-16-15-5-3-4-6-17(15)27-13-21(16,12-22)20(23)24/h3-9,16H,10-13H2,1-2H3,(H,23,24)/t16?,21-/m1/s1. The molecule has 0 aliphatic carbocycles. The number of benzene rings is 2. The van der Waals surface area contributed by atoms with Gasteiger partial charge in [-0.1, -0.05) is 24.3 Å². The number of hydrogen-bond donors (Lipinski definition) is 1. The third-order valence-electron chi connectivity index (χ3n) is 5.67. The van der Waals surface area contributed by atoms with Crippen molar-refractivity contribution in [3.63, 3.8) is 0 Å². The Morgan fingerprint density at radius 3 is 2.74 bits per heavy atom. The van der Waals surface area contributed by atoms with E-state index in [1.165, 1.54) is 0 Å². The van der Waals surface area contributed by atoms with Gasteiger partial charge in [0.25, 0.3) is 0 Å². The number of likely N-dealkylation sites (tertiary alicyclic amines) is 1. The predicted molar refractivity (Wildman–Crippen MR) is 99.6 cm³/mol. The first-order chi connectivity index (χ1) is 13.1. The van der Waals surface area contributed by atoms with Crippen molar-refractivity contribution in [1.82, 2.24) is 4.90 Å². The van der Waals surface area contributed by atoms with Crippen molar-refractivity contribution in [2.24, 2.45) is 5.41 Å². The number of methoxy groups -OCH3 is 2. The van der Waals surface area contributed by atoms with Crippen molar-refractivity contribution < 1.29 is 24.1 Å². The molecule has 2 aromatic rings. The zero-order valence-electron chi connectivity index (χ0n) is 15.5. The van der Waals surface area contributed by atoms with Crippen LogP contribution in [0, 0.1) is 5.41 Å². The number of aliphatic carboxylic acids is 1. The lowest BCUT2D eigenvalue weighted by Crippen LogP contribution is -2.45. The summed E-state index contributed by atoms with van der Waals surface area (Å²) in [4.78, 5) is 14.4. The monoisotopic (exact) mass is 369 g/mol. The van der Waals surface area contributed by atoms with Gasteiger partial charge in [-0.15, -0.1) is 0 Å². The van der Waals surface area contributed by atoms with Gasteiger partial charge in [-0.25, -0.2) is 0 Å². The van der Waals surface area contributed by atoms with Crippen LogP contribution in [0.2, 0.25) is 0 Å². The van der Waals surface area contributed by atoms with Gasteiger partial charge in [0, 0.05) is 25.6 Å². The molecular formula is C21H23NO5. The largest absolute Gasteiger partial charge is 0.493 e. The lowest BCUT2D eigenvalue weighted by Gasteiger charge is -2.35. The number of carboxylic acid groups (broad SMARTS) is 1. The summed E-state index contributed by atoms with van der Waals surface area (Å²) in [7, 11) is 3.22. The van der Waals surface area contributed by atoms with Gasteiger partial charge in [0.15, 0.2) is 11.5 Å². The van der Waals surface area contributed by atoms with E-state index in [0.29, 0.717) is 31.1 Å². The van der Waals surface area contributed by atoms with Gasteiger partial charge in [0.05, 0.1) is 14.2 Å². The number of carboxylic acids is 1. The van der Waals surface area contributed by atoms with E-state index in [4.69, 9.17) is 14.2 Å². The lowest BCUT2D eigenvalue weighted by atomic mass is 9.73. The molecule has 2 aliphatic rings. The summed E-state index contributed by atoms with van der Waals surface area (Å²) < 4.78 is 16.5. The van der Waals surface area contributed by atoms with E-state index in [9.17, 15) is 9.90 Å². The molecule has 0 bridgehead atoms. The number of para-hydroxylation sites is 1. The Balaban J connectivity index is 1.61. The molecule has 0 saturated carbocycles. The SMILES string of the molecule is COc1ccc(CN2CC3c4ccccc4OC[C@]3(C(=O)O)C2)cc1OC. The molecule has 6 heteroatoms. The highest BCUT2D eigenvalue weighted by atomic mass is 16.5. The molecule has 6 nitrogen and oxygen atoms in total. The van der Waals surface area contributed by atoms with Crippen LogP contribution in [0.4, 0.5) is 0 Å². The minimum Gasteiger partial charge on any atom is -0.493 e. The van der Waals surface area contributed by atoms with Crippen LogP contribution in [-0.4, -0.2) is 49.9 Å². The van der Waals surface area contributed by atoms with Crippen molar-refractivity contribution in [3.05, 3.63) is 53.6 Å². The van der Waals surface area contributed by atoms with E-state index >= 15 is 0 Å². The van der Waals surface area contributed by atoms with Crippen LogP contribution in [0.1, 0.15) is 17.0 Å².